The van der Waals surface area contributed by atoms with E-state index in [4.69, 9.17) is 8.83 Å². The molecule has 0 atom stereocenters. The van der Waals surface area contributed by atoms with Gasteiger partial charge in [-0.3, -0.25) is 14.9 Å². The standard InChI is InChI=1S/C14H8BrN3O5/c15-9-1-3-11-8(5-9)6-12(23-11)14(19)17-16-7-10-2-4-13(22-10)18(20)21/h1-7H,(H,17,19)/b16-7+. The van der Waals surface area contributed by atoms with Gasteiger partial charge in [0.25, 0.3) is 0 Å². The molecular formula is C14H8BrN3O5. The number of carbonyl (C=O) groups is 1. The Kier molecular flexibility index (Phi) is 3.94. The Hall–Kier alpha value is -2.94. The molecule has 0 aliphatic rings. The highest BCUT2D eigenvalue weighted by Crippen LogP contribution is 2.23. The molecule has 0 saturated carbocycles. The van der Waals surface area contributed by atoms with Crippen LogP contribution in [-0.2, 0) is 0 Å². The number of hydrogen-bond donors (Lipinski definition) is 1. The van der Waals surface area contributed by atoms with E-state index in [-0.39, 0.29) is 11.5 Å². The van der Waals surface area contributed by atoms with Crippen molar-refractivity contribution in [1.29, 1.82) is 0 Å². The number of fused-ring (bicyclic) bond motifs is 1. The van der Waals surface area contributed by atoms with Crippen molar-refractivity contribution in [3.8, 4) is 0 Å². The van der Waals surface area contributed by atoms with Gasteiger partial charge in [-0.2, -0.15) is 5.10 Å². The van der Waals surface area contributed by atoms with Crippen LogP contribution in [0.5, 0.6) is 0 Å². The lowest BCUT2D eigenvalue weighted by atomic mass is 10.2. The number of hydrogen-bond acceptors (Lipinski definition) is 6. The highest BCUT2D eigenvalue weighted by molar-refractivity contribution is 9.10. The Morgan fingerprint density at radius 1 is 1.26 bits per heavy atom. The Morgan fingerprint density at radius 2 is 2.09 bits per heavy atom. The Morgan fingerprint density at radius 3 is 2.83 bits per heavy atom. The molecule has 0 spiro atoms. The normalized spacial score (nSPS) is 11.2. The first-order chi connectivity index (χ1) is 11.0. The monoisotopic (exact) mass is 377 g/mol. The van der Waals surface area contributed by atoms with E-state index in [1.165, 1.54) is 12.1 Å². The maximum absolute atomic E-state index is 11.9. The van der Waals surface area contributed by atoms with E-state index in [1.807, 2.05) is 6.07 Å². The second-order valence-corrected chi connectivity index (χ2v) is 5.34. The smallest absolute Gasteiger partial charge is 0.433 e. The molecule has 0 aliphatic heterocycles. The first-order valence-electron chi connectivity index (χ1n) is 6.29. The summed E-state index contributed by atoms with van der Waals surface area (Å²) in [4.78, 5) is 21.7. The molecule has 23 heavy (non-hydrogen) atoms. The van der Waals surface area contributed by atoms with Crippen molar-refractivity contribution in [2.24, 2.45) is 5.10 Å². The largest absolute Gasteiger partial charge is 0.451 e. The predicted molar refractivity (Wildman–Crippen MR) is 84.3 cm³/mol. The van der Waals surface area contributed by atoms with Gasteiger partial charge >= 0.3 is 11.8 Å². The Bertz CT molecular complexity index is 928. The third kappa shape index (κ3) is 3.29. The van der Waals surface area contributed by atoms with E-state index in [0.717, 1.165) is 16.1 Å². The lowest BCUT2D eigenvalue weighted by Gasteiger charge is -1.93. The quantitative estimate of drug-likeness (QED) is 0.425. The van der Waals surface area contributed by atoms with Gasteiger partial charge in [-0.25, -0.2) is 5.43 Å². The maximum Gasteiger partial charge on any atom is 0.433 e. The highest BCUT2D eigenvalue weighted by Gasteiger charge is 2.13. The van der Waals surface area contributed by atoms with Crippen LogP contribution in [0.15, 0.2) is 54.8 Å². The van der Waals surface area contributed by atoms with Crippen molar-refractivity contribution in [2.75, 3.05) is 0 Å². The van der Waals surface area contributed by atoms with Gasteiger partial charge in [-0.15, -0.1) is 0 Å². The van der Waals surface area contributed by atoms with Crippen molar-refractivity contribution in [3.63, 3.8) is 0 Å². The van der Waals surface area contributed by atoms with Crippen LogP contribution < -0.4 is 5.43 Å². The summed E-state index contributed by atoms with van der Waals surface area (Å²) in [7, 11) is 0. The second kappa shape index (κ2) is 6.05. The lowest BCUT2D eigenvalue weighted by molar-refractivity contribution is -0.402. The summed E-state index contributed by atoms with van der Waals surface area (Å²) in [6.45, 7) is 0. The van der Waals surface area contributed by atoms with E-state index in [1.54, 1.807) is 18.2 Å². The van der Waals surface area contributed by atoms with Crippen LogP contribution in [0.2, 0.25) is 0 Å². The number of rotatable bonds is 4. The predicted octanol–water partition coefficient (Wildman–Crippen LogP) is 3.46. The summed E-state index contributed by atoms with van der Waals surface area (Å²) in [6, 6.07) is 9.51. The first-order valence-corrected chi connectivity index (χ1v) is 7.09. The van der Waals surface area contributed by atoms with Crippen LogP contribution in [-0.4, -0.2) is 17.0 Å². The van der Waals surface area contributed by atoms with E-state index in [0.29, 0.717) is 5.58 Å². The minimum absolute atomic E-state index is 0.0978. The molecule has 0 saturated heterocycles. The van der Waals surface area contributed by atoms with E-state index >= 15 is 0 Å². The number of carbonyl (C=O) groups excluding carboxylic acids is 1. The van der Waals surface area contributed by atoms with Gasteiger partial charge < -0.3 is 8.83 Å². The van der Waals surface area contributed by atoms with Crippen molar-refractivity contribution < 1.29 is 18.6 Å². The van der Waals surface area contributed by atoms with Gasteiger partial charge in [-0.05, 0) is 30.3 Å². The topological polar surface area (TPSA) is 111 Å². The highest BCUT2D eigenvalue weighted by atomic mass is 79.9. The summed E-state index contributed by atoms with van der Waals surface area (Å²) < 4.78 is 11.1. The van der Waals surface area contributed by atoms with Crippen molar-refractivity contribution >= 4 is 44.9 Å². The summed E-state index contributed by atoms with van der Waals surface area (Å²) in [5.41, 5.74) is 2.83. The molecule has 2 aromatic heterocycles. The molecule has 1 amide bonds. The van der Waals surface area contributed by atoms with Crippen LogP contribution >= 0.6 is 15.9 Å². The van der Waals surface area contributed by atoms with Crippen LogP contribution in [0, 0.1) is 10.1 Å². The van der Waals surface area contributed by atoms with E-state index < -0.39 is 16.7 Å². The van der Waals surface area contributed by atoms with Gasteiger partial charge in [0.05, 0.1) is 12.3 Å². The minimum atomic E-state index is -0.664. The third-order valence-electron chi connectivity index (χ3n) is 2.85. The Balaban J connectivity index is 1.70. The molecule has 8 nitrogen and oxygen atoms in total. The van der Waals surface area contributed by atoms with Crippen molar-refractivity contribution in [3.05, 3.63) is 62.5 Å². The molecule has 1 aromatic carbocycles. The molecule has 2 heterocycles. The number of furan rings is 2. The molecule has 0 fully saturated rings. The molecule has 0 radical (unpaired) electrons. The second-order valence-electron chi connectivity index (χ2n) is 4.43. The molecule has 0 bridgehead atoms. The van der Waals surface area contributed by atoms with Gasteiger partial charge in [-0.1, -0.05) is 15.9 Å². The fraction of sp³-hybridized carbons (Fsp3) is 0. The number of nitrogens with one attached hydrogen (secondary N) is 1. The zero-order chi connectivity index (χ0) is 16.4. The fourth-order valence-electron chi connectivity index (χ4n) is 1.85. The molecule has 3 rings (SSSR count). The third-order valence-corrected chi connectivity index (χ3v) is 3.35. The van der Waals surface area contributed by atoms with Crippen LogP contribution in [0.4, 0.5) is 5.88 Å². The molecule has 0 aliphatic carbocycles. The number of nitro groups is 1. The zero-order valence-electron chi connectivity index (χ0n) is 11.4. The minimum Gasteiger partial charge on any atom is -0.451 e. The Labute approximate surface area is 137 Å². The van der Waals surface area contributed by atoms with Gasteiger partial charge in [0.1, 0.15) is 10.5 Å². The SMILES string of the molecule is O=C(N/N=C/c1ccc([N+](=O)[O-])o1)c1cc2cc(Br)ccc2o1. The summed E-state index contributed by atoms with van der Waals surface area (Å²) in [6.07, 6.45) is 1.16. The summed E-state index contributed by atoms with van der Waals surface area (Å²) in [5, 5.41) is 14.9. The van der Waals surface area contributed by atoms with Gasteiger partial charge in [0, 0.05) is 9.86 Å². The van der Waals surface area contributed by atoms with Gasteiger partial charge in [0.2, 0.25) is 0 Å². The van der Waals surface area contributed by atoms with Crippen LogP contribution in [0.1, 0.15) is 16.3 Å². The van der Waals surface area contributed by atoms with E-state index in [9.17, 15) is 14.9 Å². The van der Waals surface area contributed by atoms with Crippen molar-refractivity contribution in [2.45, 2.75) is 0 Å². The van der Waals surface area contributed by atoms with Gasteiger partial charge in [0.15, 0.2) is 11.5 Å². The molecule has 0 unspecified atom stereocenters. The van der Waals surface area contributed by atoms with Crippen LogP contribution in [0.25, 0.3) is 11.0 Å². The number of benzene rings is 1. The van der Waals surface area contributed by atoms with Crippen molar-refractivity contribution in [1.82, 2.24) is 5.43 Å². The number of hydrazone groups is 1. The molecule has 116 valence electrons. The van der Waals surface area contributed by atoms with Crippen LogP contribution in [0.3, 0.4) is 0 Å². The summed E-state index contributed by atoms with van der Waals surface area (Å²) in [5.74, 6) is -0.707. The fourth-order valence-corrected chi connectivity index (χ4v) is 2.22. The maximum atomic E-state index is 11.9. The average molecular weight is 378 g/mol. The summed E-state index contributed by atoms with van der Waals surface area (Å²) >= 11 is 3.33. The molecule has 3 aromatic rings. The number of amides is 1. The molecule has 1 N–H and O–H groups in total. The number of nitrogens with zero attached hydrogens (tertiary/aromatic N) is 2. The molecular weight excluding hydrogens is 370 g/mol. The number of halogens is 1. The average Bonchev–Trinajstić information content (AvgIpc) is 3.13. The first kappa shape index (κ1) is 15.0. The molecule has 9 heteroatoms. The lowest BCUT2D eigenvalue weighted by Crippen LogP contribution is -2.16. The van der Waals surface area contributed by atoms with E-state index in [2.05, 4.69) is 26.5 Å². The zero-order valence-corrected chi connectivity index (χ0v) is 12.9.